The van der Waals surface area contributed by atoms with E-state index in [1.54, 1.807) is 10.9 Å². The summed E-state index contributed by atoms with van der Waals surface area (Å²) in [6.45, 7) is 5.37. The maximum Gasteiger partial charge on any atom is 0.273 e. The number of hydrogen-bond donors (Lipinski definition) is 2. The third-order valence-corrected chi connectivity index (χ3v) is 4.65. The van der Waals surface area contributed by atoms with Crippen molar-refractivity contribution in [3.63, 3.8) is 0 Å². The minimum absolute atomic E-state index is 0.0415. The number of rotatable bonds is 5. The molecule has 2 aromatic rings. The highest BCUT2D eigenvalue weighted by molar-refractivity contribution is 5.91. The number of aliphatic hydroxyl groups excluding tert-OH is 1. The lowest BCUT2D eigenvalue weighted by molar-refractivity contribution is 0.0939. The van der Waals surface area contributed by atoms with Crippen molar-refractivity contribution < 1.29 is 9.90 Å². The van der Waals surface area contributed by atoms with Crippen molar-refractivity contribution in [3.05, 3.63) is 34.8 Å². The summed E-state index contributed by atoms with van der Waals surface area (Å²) < 4.78 is 1.70. The third kappa shape index (κ3) is 4.06. The van der Waals surface area contributed by atoms with Crippen molar-refractivity contribution >= 4 is 11.7 Å². The molecule has 9 heteroatoms. The first kappa shape index (κ1) is 18.8. The largest absolute Gasteiger partial charge is 0.395 e. The van der Waals surface area contributed by atoms with E-state index < -0.39 is 0 Å². The SMILES string of the molecule is Cc1cc(C)c(C#N)c(N2CCC[C@@H](n3cc(C(=O)NCCO)nn3)C2)n1. The van der Waals surface area contributed by atoms with Crippen LogP contribution in [0, 0.1) is 25.2 Å². The topological polar surface area (TPSA) is 120 Å². The number of nitrogens with one attached hydrogen (secondary N) is 1. The lowest BCUT2D eigenvalue weighted by atomic mass is 10.0. The first-order valence-corrected chi connectivity index (χ1v) is 8.97. The quantitative estimate of drug-likeness (QED) is 0.797. The van der Waals surface area contributed by atoms with Gasteiger partial charge in [0.1, 0.15) is 11.9 Å². The number of pyridine rings is 1. The molecule has 1 aliphatic heterocycles. The Labute approximate surface area is 157 Å². The molecule has 1 fully saturated rings. The molecule has 0 spiro atoms. The molecule has 0 aromatic carbocycles. The zero-order valence-corrected chi connectivity index (χ0v) is 15.5. The predicted octanol–water partition coefficient (Wildman–Crippen LogP) is 0.725. The number of aryl methyl sites for hydroxylation is 2. The van der Waals surface area contributed by atoms with Gasteiger partial charge in [0.25, 0.3) is 5.91 Å². The van der Waals surface area contributed by atoms with Gasteiger partial charge in [-0.3, -0.25) is 4.79 Å². The van der Waals surface area contributed by atoms with Crippen LogP contribution < -0.4 is 10.2 Å². The van der Waals surface area contributed by atoms with E-state index in [0.29, 0.717) is 17.9 Å². The van der Waals surface area contributed by atoms with Crippen LogP contribution in [0.4, 0.5) is 5.82 Å². The molecule has 9 nitrogen and oxygen atoms in total. The number of aliphatic hydroxyl groups is 1. The second-order valence-electron chi connectivity index (χ2n) is 6.70. The number of anilines is 1. The van der Waals surface area contributed by atoms with Gasteiger partial charge in [0.05, 0.1) is 24.4 Å². The van der Waals surface area contributed by atoms with E-state index in [9.17, 15) is 10.1 Å². The standard InChI is InChI=1S/C18H23N7O2/c1-12-8-13(2)21-17(15(12)9-19)24-6-3-4-14(10-24)25-11-16(22-23-25)18(27)20-5-7-26/h8,11,14,26H,3-7,10H2,1-2H3,(H,20,27)/t14-/m1/s1. The number of nitriles is 1. The minimum atomic E-state index is -0.356. The van der Waals surface area contributed by atoms with Crippen molar-refractivity contribution in [3.8, 4) is 6.07 Å². The molecule has 2 aromatic heterocycles. The zero-order valence-electron chi connectivity index (χ0n) is 15.5. The zero-order chi connectivity index (χ0) is 19.4. The lowest BCUT2D eigenvalue weighted by Crippen LogP contribution is -2.38. The average molecular weight is 369 g/mol. The summed E-state index contributed by atoms with van der Waals surface area (Å²) in [5, 5.41) is 28.9. The van der Waals surface area contributed by atoms with Gasteiger partial charge < -0.3 is 15.3 Å². The summed E-state index contributed by atoms with van der Waals surface area (Å²) in [7, 11) is 0. The van der Waals surface area contributed by atoms with E-state index in [1.165, 1.54) is 0 Å². The fourth-order valence-corrected chi connectivity index (χ4v) is 3.37. The number of hydrogen-bond acceptors (Lipinski definition) is 7. The minimum Gasteiger partial charge on any atom is -0.395 e. The fourth-order valence-electron chi connectivity index (χ4n) is 3.37. The van der Waals surface area contributed by atoms with Crippen molar-refractivity contribution in [2.75, 3.05) is 31.1 Å². The molecule has 2 N–H and O–H groups in total. The molecular weight excluding hydrogens is 346 g/mol. The molecule has 0 radical (unpaired) electrons. The van der Waals surface area contributed by atoms with Crippen molar-refractivity contribution in [1.82, 2.24) is 25.3 Å². The van der Waals surface area contributed by atoms with Crippen LogP contribution in [0.3, 0.4) is 0 Å². The van der Waals surface area contributed by atoms with Gasteiger partial charge >= 0.3 is 0 Å². The Morgan fingerprint density at radius 1 is 1.48 bits per heavy atom. The Bertz CT molecular complexity index is 871. The number of piperidine rings is 1. The van der Waals surface area contributed by atoms with E-state index in [0.717, 1.165) is 30.6 Å². The molecule has 3 rings (SSSR count). The molecule has 3 heterocycles. The van der Waals surface area contributed by atoms with Gasteiger partial charge in [-0.25, -0.2) is 9.67 Å². The first-order valence-electron chi connectivity index (χ1n) is 8.97. The second kappa shape index (κ2) is 8.14. The van der Waals surface area contributed by atoms with Crippen LogP contribution in [0.15, 0.2) is 12.3 Å². The van der Waals surface area contributed by atoms with Gasteiger partial charge in [-0.1, -0.05) is 5.21 Å². The van der Waals surface area contributed by atoms with E-state index in [4.69, 9.17) is 5.11 Å². The summed E-state index contributed by atoms with van der Waals surface area (Å²) in [4.78, 5) is 18.7. The normalized spacial score (nSPS) is 16.8. The van der Waals surface area contributed by atoms with Crippen molar-refractivity contribution in [2.24, 2.45) is 0 Å². The number of carbonyl (C=O) groups is 1. The Morgan fingerprint density at radius 3 is 3.04 bits per heavy atom. The number of aromatic nitrogens is 4. The molecule has 0 bridgehead atoms. The van der Waals surface area contributed by atoms with Crippen molar-refractivity contribution in [2.45, 2.75) is 32.7 Å². The van der Waals surface area contributed by atoms with Crippen molar-refractivity contribution in [1.29, 1.82) is 5.26 Å². The molecule has 1 amide bonds. The lowest BCUT2D eigenvalue weighted by Gasteiger charge is -2.34. The summed E-state index contributed by atoms with van der Waals surface area (Å²) in [5.74, 6) is 0.353. The Balaban J connectivity index is 1.79. The van der Waals surface area contributed by atoms with Gasteiger partial charge in [-0.15, -0.1) is 5.10 Å². The highest BCUT2D eigenvalue weighted by Gasteiger charge is 2.26. The molecule has 142 valence electrons. The van der Waals surface area contributed by atoms with Gasteiger partial charge in [0, 0.05) is 25.3 Å². The molecule has 0 aliphatic carbocycles. The number of nitrogens with zero attached hydrogens (tertiary/aromatic N) is 6. The molecule has 27 heavy (non-hydrogen) atoms. The van der Waals surface area contributed by atoms with Crippen LogP contribution in [-0.4, -0.2) is 57.2 Å². The van der Waals surface area contributed by atoms with Gasteiger partial charge in [-0.2, -0.15) is 5.26 Å². The summed E-state index contributed by atoms with van der Waals surface area (Å²) in [5.41, 5.74) is 2.63. The highest BCUT2D eigenvalue weighted by atomic mass is 16.3. The molecule has 1 aliphatic rings. The molecule has 1 atom stereocenters. The van der Waals surface area contributed by atoms with Crippen LogP contribution in [0.25, 0.3) is 0 Å². The first-order chi connectivity index (χ1) is 13.0. The van der Waals surface area contributed by atoms with E-state index in [-0.39, 0.29) is 30.8 Å². The van der Waals surface area contributed by atoms with E-state index in [1.807, 2.05) is 19.9 Å². The smallest absolute Gasteiger partial charge is 0.273 e. The van der Waals surface area contributed by atoms with Gasteiger partial charge in [0.2, 0.25) is 0 Å². The maximum atomic E-state index is 11.9. The Hall–Kier alpha value is -2.99. The van der Waals surface area contributed by atoms with E-state index in [2.05, 4.69) is 31.6 Å². The summed E-state index contributed by atoms with van der Waals surface area (Å²) >= 11 is 0. The predicted molar refractivity (Wildman–Crippen MR) is 98.4 cm³/mol. The maximum absolute atomic E-state index is 11.9. The van der Waals surface area contributed by atoms with Crippen LogP contribution in [0.1, 0.15) is 46.2 Å². The van der Waals surface area contributed by atoms with Crippen LogP contribution >= 0.6 is 0 Å². The van der Waals surface area contributed by atoms with Crippen LogP contribution in [0.5, 0.6) is 0 Å². The highest BCUT2D eigenvalue weighted by Crippen LogP contribution is 2.28. The van der Waals surface area contributed by atoms with Crippen LogP contribution in [-0.2, 0) is 0 Å². The molecule has 0 saturated carbocycles. The summed E-state index contributed by atoms with van der Waals surface area (Å²) in [6, 6.07) is 4.23. The van der Waals surface area contributed by atoms with Gasteiger partial charge in [-0.05, 0) is 38.3 Å². The Kier molecular flexibility index (Phi) is 5.66. The van der Waals surface area contributed by atoms with Gasteiger partial charge in [0.15, 0.2) is 5.69 Å². The molecular formula is C18H23N7O2. The monoisotopic (exact) mass is 369 g/mol. The molecule has 0 unspecified atom stereocenters. The summed E-state index contributed by atoms with van der Waals surface area (Å²) in [6.07, 6.45) is 3.46. The second-order valence-corrected chi connectivity index (χ2v) is 6.70. The Morgan fingerprint density at radius 2 is 2.30 bits per heavy atom. The number of carbonyl (C=O) groups excluding carboxylic acids is 1. The number of amides is 1. The average Bonchev–Trinajstić information content (AvgIpc) is 3.16. The van der Waals surface area contributed by atoms with E-state index >= 15 is 0 Å². The third-order valence-electron chi connectivity index (χ3n) is 4.65. The fraction of sp³-hybridized carbons (Fsp3) is 0.500. The van der Waals surface area contributed by atoms with Crippen LogP contribution in [0.2, 0.25) is 0 Å². The molecule has 1 saturated heterocycles.